The molecule has 0 saturated carbocycles. The van der Waals surface area contributed by atoms with Gasteiger partial charge in [-0.2, -0.15) is 0 Å². The number of benzene rings is 2. The van der Waals surface area contributed by atoms with E-state index < -0.39 is 0 Å². The van der Waals surface area contributed by atoms with Crippen LogP contribution in [0.5, 0.6) is 0 Å². The third kappa shape index (κ3) is 2.83. The van der Waals surface area contributed by atoms with Crippen LogP contribution in [0.3, 0.4) is 0 Å². The molecule has 0 amide bonds. The molecular formula is C22H25NOS. The zero-order chi connectivity index (χ0) is 16.8. The van der Waals surface area contributed by atoms with Crippen LogP contribution in [0.2, 0.25) is 0 Å². The monoisotopic (exact) mass is 351 g/mol. The first-order valence-corrected chi connectivity index (χ1v) is 10.4. The predicted octanol–water partition coefficient (Wildman–Crippen LogP) is 5.02. The molecule has 3 aliphatic heterocycles. The molecule has 0 N–H and O–H groups in total. The largest absolute Gasteiger partial charge is 0.365 e. The molecule has 0 aliphatic carbocycles. The van der Waals surface area contributed by atoms with Gasteiger partial charge in [0.25, 0.3) is 0 Å². The van der Waals surface area contributed by atoms with Gasteiger partial charge in [-0.05, 0) is 55.5 Å². The first kappa shape index (κ1) is 15.9. The fourth-order valence-corrected chi connectivity index (χ4v) is 5.98. The van der Waals surface area contributed by atoms with Gasteiger partial charge in [-0.1, -0.05) is 42.5 Å². The van der Waals surface area contributed by atoms with E-state index in [1.165, 1.54) is 47.3 Å². The summed E-state index contributed by atoms with van der Waals surface area (Å²) in [6.45, 7) is 0. The highest BCUT2D eigenvalue weighted by Crippen LogP contribution is 2.44. The topological polar surface area (TPSA) is 12.5 Å². The highest BCUT2D eigenvalue weighted by atomic mass is 32.2. The lowest BCUT2D eigenvalue weighted by atomic mass is 9.95. The molecule has 3 heteroatoms. The Kier molecular flexibility index (Phi) is 4.11. The fourth-order valence-electron chi connectivity index (χ4n) is 4.88. The van der Waals surface area contributed by atoms with E-state index in [0.717, 1.165) is 17.8 Å². The normalized spacial score (nSPS) is 31.2. The zero-order valence-corrected chi connectivity index (χ0v) is 15.5. The molecule has 5 rings (SSSR count). The zero-order valence-electron chi connectivity index (χ0n) is 14.7. The molecule has 3 heterocycles. The standard InChI is InChI=1S/C22H25NOS/c1-23-16-10-11-17(23)13-18(12-16)24-22-19-7-3-2-6-15(19)14-25-21-9-5-4-8-20(21)22/h2-9,16-18,22H,10-14H2,1H3. The van der Waals surface area contributed by atoms with Gasteiger partial charge in [0, 0.05) is 22.7 Å². The van der Waals surface area contributed by atoms with Gasteiger partial charge < -0.3 is 9.64 Å². The Morgan fingerprint density at radius 2 is 1.60 bits per heavy atom. The van der Waals surface area contributed by atoms with Crippen molar-refractivity contribution >= 4 is 11.8 Å². The average molecular weight is 352 g/mol. The van der Waals surface area contributed by atoms with E-state index >= 15 is 0 Å². The summed E-state index contributed by atoms with van der Waals surface area (Å²) in [4.78, 5) is 3.96. The smallest absolute Gasteiger partial charge is 0.109 e. The molecule has 0 spiro atoms. The molecule has 2 aromatic carbocycles. The molecule has 3 atom stereocenters. The van der Waals surface area contributed by atoms with Crippen molar-refractivity contribution in [3.63, 3.8) is 0 Å². The van der Waals surface area contributed by atoms with Gasteiger partial charge >= 0.3 is 0 Å². The van der Waals surface area contributed by atoms with Gasteiger partial charge in [0.2, 0.25) is 0 Å². The van der Waals surface area contributed by atoms with Crippen molar-refractivity contribution in [3.8, 4) is 0 Å². The van der Waals surface area contributed by atoms with Crippen molar-refractivity contribution in [2.75, 3.05) is 7.05 Å². The van der Waals surface area contributed by atoms with Crippen LogP contribution in [0.4, 0.5) is 0 Å². The Labute approximate surface area is 154 Å². The van der Waals surface area contributed by atoms with Crippen molar-refractivity contribution < 1.29 is 4.74 Å². The van der Waals surface area contributed by atoms with E-state index in [4.69, 9.17) is 4.74 Å². The summed E-state index contributed by atoms with van der Waals surface area (Å²) < 4.78 is 6.85. The number of piperidine rings is 1. The van der Waals surface area contributed by atoms with Crippen molar-refractivity contribution in [1.82, 2.24) is 4.90 Å². The Balaban J connectivity index is 1.50. The summed E-state index contributed by atoms with van der Waals surface area (Å²) in [5.41, 5.74) is 4.14. The molecule has 2 aromatic rings. The Morgan fingerprint density at radius 3 is 2.40 bits per heavy atom. The lowest BCUT2D eigenvalue weighted by Gasteiger charge is -2.38. The summed E-state index contributed by atoms with van der Waals surface area (Å²) in [7, 11) is 2.30. The second kappa shape index (κ2) is 6.46. The molecule has 3 unspecified atom stereocenters. The number of nitrogens with zero attached hydrogens (tertiary/aromatic N) is 1. The number of fused-ring (bicyclic) bond motifs is 4. The summed E-state index contributed by atoms with van der Waals surface area (Å²) in [5, 5.41) is 0. The third-order valence-corrected chi connectivity index (χ3v) is 7.44. The number of hydrogen-bond acceptors (Lipinski definition) is 3. The van der Waals surface area contributed by atoms with Crippen LogP contribution in [0, 0.1) is 0 Å². The number of hydrogen-bond donors (Lipinski definition) is 0. The maximum Gasteiger partial charge on any atom is 0.109 e. The molecule has 130 valence electrons. The highest BCUT2D eigenvalue weighted by Gasteiger charge is 2.40. The minimum Gasteiger partial charge on any atom is -0.365 e. The number of rotatable bonds is 2. The fraction of sp³-hybridized carbons (Fsp3) is 0.455. The molecule has 0 aromatic heterocycles. The van der Waals surface area contributed by atoms with E-state index in [0.29, 0.717) is 6.10 Å². The average Bonchev–Trinajstić information content (AvgIpc) is 2.82. The van der Waals surface area contributed by atoms with Gasteiger partial charge in [0.1, 0.15) is 6.10 Å². The third-order valence-electron chi connectivity index (χ3n) is 6.31. The summed E-state index contributed by atoms with van der Waals surface area (Å²) in [6.07, 6.45) is 5.50. The summed E-state index contributed by atoms with van der Waals surface area (Å²) >= 11 is 1.94. The second-order valence-electron chi connectivity index (χ2n) is 7.69. The lowest BCUT2D eigenvalue weighted by molar-refractivity contribution is -0.0435. The SMILES string of the molecule is CN1C2CCC1CC(OC1c3ccccc3CSc3ccccc31)C2. The predicted molar refractivity (Wildman–Crippen MR) is 103 cm³/mol. The highest BCUT2D eigenvalue weighted by molar-refractivity contribution is 7.98. The van der Waals surface area contributed by atoms with Crippen LogP contribution < -0.4 is 0 Å². The molecule has 2 nitrogen and oxygen atoms in total. The van der Waals surface area contributed by atoms with Gasteiger partial charge in [-0.25, -0.2) is 0 Å². The van der Waals surface area contributed by atoms with Crippen LogP contribution in [-0.4, -0.2) is 30.1 Å². The molecule has 2 saturated heterocycles. The van der Waals surface area contributed by atoms with Gasteiger partial charge in [-0.15, -0.1) is 11.8 Å². The molecule has 25 heavy (non-hydrogen) atoms. The first-order valence-electron chi connectivity index (χ1n) is 9.46. The maximum atomic E-state index is 6.85. The molecular weight excluding hydrogens is 326 g/mol. The Morgan fingerprint density at radius 1 is 0.920 bits per heavy atom. The number of thioether (sulfide) groups is 1. The van der Waals surface area contributed by atoms with Crippen molar-refractivity contribution in [1.29, 1.82) is 0 Å². The van der Waals surface area contributed by atoms with Crippen LogP contribution in [0.1, 0.15) is 48.5 Å². The Bertz CT molecular complexity index is 715. The minimum atomic E-state index is 0.0789. The van der Waals surface area contributed by atoms with Crippen molar-refractivity contribution in [2.24, 2.45) is 0 Å². The molecule has 2 fully saturated rings. The molecule has 2 bridgehead atoms. The van der Waals surface area contributed by atoms with E-state index in [-0.39, 0.29) is 6.10 Å². The van der Waals surface area contributed by atoms with E-state index in [1.807, 2.05) is 11.8 Å². The van der Waals surface area contributed by atoms with Gasteiger partial charge in [-0.3, -0.25) is 0 Å². The maximum absolute atomic E-state index is 6.85. The summed E-state index contributed by atoms with van der Waals surface area (Å²) in [5.74, 6) is 1.03. The Hall–Kier alpha value is -1.29. The number of ether oxygens (including phenoxy) is 1. The van der Waals surface area contributed by atoms with E-state index in [9.17, 15) is 0 Å². The lowest BCUT2D eigenvalue weighted by Crippen LogP contribution is -2.43. The van der Waals surface area contributed by atoms with E-state index in [1.54, 1.807) is 0 Å². The van der Waals surface area contributed by atoms with Crippen LogP contribution in [0.25, 0.3) is 0 Å². The molecule has 0 radical (unpaired) electrons. The van der Waals surface area contributed by atoms with Crippen LogP contribution in [0.15, 0.2) is 53.4 Å². The quantitative estimate of drug-likeness (QED) is 0.753. The van der Waals surface area contributed by atoms with Crippen molar-refractivity contribution in [2.45, 2.75) is 60.6 Å². The minimum absolute atomic E-state index is 0.0789. The van der Waals surface area contributed by atoms with Crippen molar-refractivity contribution in [3.05, 3.63) is 65.2 Å². The first-order chi connectivity index (χ1) is 12.3. The van der Waals surface area contributed by atoms with Crippen LogP contribution >= 0.6 is 11.8 Å². The van der Waals surface area contributed by atoms with Gasteiger partial charge in [0.15, 0.2) is 0 Å². The second-order valence-corrected chi connectivity index (χ2v) is 8.70. The van der Waals surface area contributed by atoms with E-state index in [2.05, 4.69) is 60.5 Å². The van der Waals surface area contributed by atoms with Gasteiger partial charge in [0.05, 0.1) is 6.10 Å². The van der Waals surface area contributed by atoms with Crippen LogP contribution in [-0.2, 0) is 10.5 Å². The summed E-state index contributed by atoms with van der Waals surface area (Å²) in [6, 6.07) is 19.1. The molecule has 3 aliphatic rings.